The van der Waals surface area contributed by atoms with Crippen molar-refractivity contribution in [2.75, 3.05) is 7.11 Å². The highest BCUT2D eigenvalue weighted by Crippen LogP contribution is 2.02. The number of methoxy groups -OCH3 is 1. The van der Waals surface area contributed by atoms with Crippen LogP contribution in [0.4, 0.5) is 0 Å². The van der Waals surface area contributed by atoms with Crippen molar-refractivity contribution in [3.63, 3.8) is 0 Å². The maximum Gasteiger partial charge on any atom is 0.0878 e. The van der Waals surface area contributed by atoms with Crippen LogP contribution in [0.2, 0.25) is 0 Å². The number of aromatic amines is 1. The van der Waals surface area contributed by atoms with E-state index in [1.807, 2.05) is 5.38 Å². The molecule has 0 spiro atoms. The first-order chi connectivity index (χ1) is 3.43. The Hall–Kier alpha value is -0.280. The minimum atomic E-state index is 0.715. The van der Waals surface area contributed by atoms with Gasteiger partial charge in [0.05, 0.1) is 12.3 Å². The molecule has 40 valence electrons. The molecular formula is C4H7NOS. The van der Waals surface area contributed by atoms with Crippen molar-refractivity contribution < 1.29 is 4.74 Å². The van der Waals surface area contributed by atoms with Crippen LogP contribution < -0.4 is 0 Å². The summed E-state index contributed by atoms with van der Waals surface area (Å²) in [6.07, 6.45) is 0. The third kappa shape index (κ3) is 1.04. The SMILES string of the molecule is COCc1cs[nH]1. The maximum atomic E-state index is 4.80. The average molecular weight is 117 g/mol. The first-order valence-electron chi connectivity index (χ1n) is 2.03. The summed E-state index contributed by atoms with van der Waals surface area (Å²) < 4.78 is 7.80. The topological polar surface area (TPSA) is 25.0 Å². The van der Waals surface area contributed by atoms with Gasteiger partial charge in [0.2, 0.25) is 0 Å². The molecule has 0 aliphatic heterocycles. The molecule has 1 rings (SSSR count). The van der Waals surface area contributed by atoms with E-state index in [-0.39, 0.29) is 0 Å². The van der Waals surface area contributed by atoms with Crippen LogP contribution in [0, 0.1) is 0 Å². The van der Waals surface area contributed by atoms with Crippen LogP contribution in [0.25, 0.3) is 0 Å². The predicted octanol–water partition coefficient (Wildman–Crippen LogP) is 1.22. The van der Waals surface area contributed by atoms with Crippen LogP contribution in [0.15, 0.2) is 5.38 Å². The number of rotatable bonds is 2. The minimum absolute atomic E-state index is 0.715. The van der Waals surface area contributed by atoms with Crippen LogP contribution in [-0.2, 0) is 11.3 Å². The second-order valence-corrected chi connectivity index (χ2v) is 1.97. The maximum absolute atomic E-state index is 4.80. The molecule has 0 saturated heterocycles. The van der Waals surface area contributed by atoms with E-state index in [0.717, 1.165) is 0 Å². The smallest absolute Gasteiger partial charge is 0.0878 e. The molecule has 0 saturated carbocycles. The summed E-state index contributed by atoms with van der Waals surface area (Å²) in [5.41, 5.74) is 1.17. The quantitative estimate of drug-likeness (QED) is 0.619. The van der Waals surface area contributed by atoms with Gasteiger partial charge in [0.15, 0.2) is 0 Å². The largest absolute Gasteiger partial charge is 0.378 e. The number of H-pyrrole nitrogens is 1. The van der Waals surface area contributed by atoms with Gasteiger partial charge in [0, 0.05) is 12.5 Å². The Morgan fingerprint density at radius 2 is 2.71 bits per heavy atom. The lowest BCUT2D eigenvalue weighted by atomic mass is 10.5. The fourth-order valence-electron chi connectivity index (χ4n) is 0.361. The molecule has 0 fully saturated rings. The van der Waals surface area contributed by atoms with Gasteiger partial charge in [-0.1, -0.05) is 11.5 Å². The van der Waals surface area contributed by atoms with Crippen LogP contribution >= 0.6 is 11.5 Å². The van der Waals surface area contributed by atoms with Crippen molar-refractivity contribution in [1.29, 1.82) is 0 Å². The van der Waals surface area contributed by atoms with Gasteiger partial charge >= 0.3 is 0 Å². The van der Waals surface area contributed by atoms with E-state index in [2.05, 4.69) is 4.37 Å². The molecule has 1 aromatic heterocycles. The molecule has 0 aliphatic carbocycles. The molecule has 0 bridgehead atoms. The van der Waals surface area contributed by atoms with E-state index in [4.69, 9.17) is 4.74 Å². The lowest BCUT2D eigenvalue weighted by Crippen LogP contribution is -1.89. The average Bonchev–Trinajstić information content (AvgIpc) is 1.55. The van der Waals surface area contributed by atoms with E-state index in [9.17, 15) is 0 Å². The molecule has 0 amide bonds. The highest BCUT2D eigenvalue weighted by atomic mass is 32.1. The zero-order valence-electron chi connectivity index (χ0n) is 4.10. The molecule has 1 heterocycles. The van der Waals surface area contributed by atoms with Crippen molar-refractivity contribution >= 4 is 11.5 Å². The van der Waals surface area contributed by atoms with Crippen molar-refractivity contribution in [2.24, 2.45) is 0 Å². The van der Waals surface area contributed by atoms with Gasteiger partial charge < -0.3 is 9.11 Å². The zero-order valence-corrected chi connectivity index (χ0v) is 4.92. The molecule has 1 aromatic rings. The van der Waals surface area contributed by atoms with E-state index in [1.165, 1.54) is 5.69 Å². The van der Waals surface area contributed by atoms with Gasteiger partial charge in [0.1, 0.15) is 0 Å². The van der Waals surface area contributed by atoms with E-state index < -0.39 is 0 Å². The molecule has 0 atom stereocenters. The monoisotopic (exact) mass is 117 g/mol. The second-order valence-electron chi connectivity index (χ2n) is 1.30. The number of hydrogen-bond acceptors (Lipinski definition) is 2. The lowest BCUT2D eigenvalue weighted by Gasteiger charge is -1.98. The summed E-state index contributed by atoms with van der Waals surface area (Å²) >= 11 is 1.59. The highest BCUT2D eigenvalue weighted by molar-refractivity contribution is 7.04. The first-order valence-corrected chi connectivity index (χ1v) is 2.91. The van der Waals surface area contributed by atoms with Gasteiger partial charge in [-0.05, 0) is 0 Å². The molecule has 3 heteroatoms. The molecule has 2 nitrogen and oxygen atoms in total. The number of aromatic nitrogens is 1. The first kappa shape index (κ1) is 4.87. The molecule has 0 aromatic carbocycles. The molecule has 0 radical (unpaired) electrons. The Balaban J connectivity index is 2.26. The van der Waals surface area contributed by atoms with E-state index >= 15 is 0 Å². The minimum Gasteiger partial charge on any atom is -0.378 e. The van der Waals surface area contributed by atoms with Crippen molar-refractivity contribution in [3.05, 3.63) is 11.1 Å². The molecule has 0 unspecified atom stereocenters. The van der Waals surface area contributed by atoms with Crippen molar-refractivity contribution in [3.8, 4) is 0 Å². The summed E-state index contributed by atoms with van der Waals surface area (Å²) in [4.78, 5) is 0. The third-order valence-electron chi connectivity index (χ3n) is 0.691. The molecule has 7 heavy (non-hydrogen) atoms. The number of ether oxygens (including phenoxy) is 1. The summed E-state index contributed by atoms with van der Waals surface area (Å²) in [6.45, 7) is 0.715. The Morgan fingerprint density at radius 1 is 2.00 bits per heavy atom. The standard InChI is InChI=1S/C4H7NOS/c1-6-2-4-3-7-5-4/h3,5H,2H2,1H3. The van der Waals surface area contributed by atoms with Crippen LogP contribution in [0.3, 0.4) is 0 Å². The Bertz CT molecular complexity index is 115. The lowest BCUT2D eigenvalue weighted by molar-refractivity contribution is 0.182. The highest BCUT2D eigenvalue weighted by Gasteiger charge is 1.89. The third-order valence-corrected chi connectivity index (χ3v) is 1.47. The second kappa shape index (κ2) is 2.14. The molecule has 0 aliphatic rings. The fraction of sp³-hybridized carbons (Fsp3) is 0.500. The predicted molar refractivity (Wildman–Crippen MR) is 29.4 cm³/mol. The van der Waals surface area contributed by atoms with Gasteiger partial charge in [-0.15, -0.1) is 0 Å². The zero-order chi connectivity index (χ0) is 5.11. The fourth-order valence-corrected chi connectivity index (χ4v) is 0.773. The van der Waals surface area contributed by atoms with Gasteiger partial charge in [0.25, 0.3) is 0 Å². The van der Waals surface area contributed by atoms with Gasteiger partial charge in [-0.2, -0.15) is 0 Å². The van der Waals surface area contributed by atoms with Crippen molar-refractivity contribution in [2.45, 2.75) is 6.61 Å². The van der Waals surface area contributed by atoms with Crippen LogP contribution in [-0.4, -0.2) is 11.5 Å². The summed E-state index contributed by atoms with van der Waals surface area (Å²) in [7, 11) is 1.69. The van der Waals surface area contributed by atoms with E-state index in [1.54, 1.807) is 18.6 Å². The van der Waals surface area contributed by atoms with Gasteiger partial charge in [-0.3, -0.25) is 0 Å². The summed E-state index contributed by atoms with van der Waals surface area (Å²) in [6, 6.07) is 0. The van der Waals surface area contributed by atoms with Crippen LogP contribution in [0.5, 0.6) is 0 Å². The Labute approximate surface area is 46.3 Å². The number of nitrogens with one attached hydrogen (secondary N) is 1. The van der Waals surface area contributed by atoms with E-state index in [0.29, 0.717) is 6.61 Å². The normalized spacial score (nSPS) is 9.86. The summed E-state index contributed by atoms with van der Waals surface area (Å²) in [5, 5.41) is 2.03. The van der Waals surface area contributed by atoms with Crippen LogP contribution in [0.1, 0.15) is 5.69 Å². The molecular weight excluding hydrogens is 110 g/mol. The van der Waals surface area contributed by atoms with Crippen molar-refractivity contribution in [1.82, 2.24) is 4.37 Å². The molecule has 1 N–H and O–H groups in total. The Kier molecular flexibility index (Phi) is 1.49. The Morgan fingerprint density at radius 3 is 2.86 bits per heavy atom. The summed E-state index contributed by atoms with van der Waals surface area (Å²) in [5.74, 6) is 0. The number of hydrogen-bond donors (Lipinski definition) is 1. The van der Waals surface area contributed by atoms with Gasteiger partial charge in [-0.25, -0.2) is 0 Å².